The van der Waals surface area contributed by atoms with Crippen LogP contribution in [0.4, 0.5) is 0 Å². The molecule has 2 N–H and O–H groups in total. The van der Waals surface area contributed by atoms with E-state index >= 15 is 0 Å². The third-order valence-corrected chi connectivity index (χ3v) is 1.77. The quantitative estimate of drug-likeness (QED) is 0.602. The molecule has 0 aromatic carbocycles. The van der Waals surface area contributed by atoms with Crippen molar-refractivity contribution in [2.45, 2.75) is 39.0 Å². The molecular formula is C10H23NO3. The Morgan fingerprint density at radius 3 is 2.29 bits per heavy atom. The van der Waals surface area contributed by atoms with E-state index in [4.69, 9.17) is 14.6 Å². The predicted octanol–water partition coefficient (Wildman–Crippen LogP) is 0.397. The SMILES string of the molecule is COCC(C)OCC(CO)NC(C)C. The average molecular weight is 205 g/mol. The van der Waals surface area contributed by atoms with Crippen molar-refractivity contribution in [2.75, 3.05) is 26.9 Å². The van der Waals surface area contributed by atoms with Gasteiger partial charge < -0.3 is 19.9 Å². The second-order valence-corrected chi connectivity index (χ2v) is 3.80. The van der Waals surface area contributed by atoms with E-state index in [1.807, 2.05) is 20.8 Å². The van der Waals surface area contributed by atoms with Crippen molar-refractivity contribution < 1.29 is 14.6 Å². The second-order valence-electron chi connectivity index (χ2n) is 3.80. The van der Waals surface area contributed by atoms with Gasteiger partial charge in [0, 0.05) is 13.2 Å². The van der Waals surface area contributed by atoms with Gasteiger partial charge in [-0.3, -0.25) is 0 Å². The largest absolute Gasteiger partial charge is 0.395 e. The number of hydrogen-bond donors (Lipinski definition) is 2. The third kappa shape index (κ3) is 7.26. The summed E-state index contributed by atoms with van der Waals surface area (Å²) in [4.78, 5) is 0. The fourth-order valence-corrected chi connectivity index (χ4v) is 1.19. The van der Waals surface area contributed by atoms with Gasteiger partial charge in [0.2, 0.25) is 0 Å². The van der Waals surface area contributed by atoms with Crippen LogP contribution in [0.3, 0.4) is 0 Å². The van der Waals surface area contributed by atoms with E-state index in [0.717, 1.165) is 0 Å². The van der Waals surface area contributed by atoms with E-state index in [9.17, 15) is 0 Å². The van der Waals surface area contributed by atoms with Crippen LogP contribution >= 0.6 is 0 Å². The Morgan fingerprint density at radius 1 is 1.21 bits per heavy atom. The fraction of sp³-hybridized carbons (Fsp3) is 1.00. The molecule has 14 heavy (non-hydrogen) atoms. The zero-order chi connectivity index (χ0) is 11.0. The lowest BCUT2D eigenvalue weighted by atomic mass is 10.3. The van der Waals surface area contributed by atoms with Crippen molar-refractivity contribution in [3.05, 3.63) is 0 Å². The molecule has 0 bridgehead atoms. The highest BCUT2D eigenvalue weighted by Gasteiger charge is 2.10. The number of rotatable bonds is 8. The third-order valence-electron chi connectivity index (χ3n) is 1.77. The molecule has 0 aromatic rings. The van der Waals surface area contributed by atoms with Gasteiger partial charge in [-0.15, -0.1) is 0 Å². The Hall–Kier alpha value is -0.160. The Kier molecular flexibility index (Phi) is 8.08. The molecule has 0 rings (SSSR count). The molecule has 4 nitrogen and oxygen atoms in total. The minimum absolute atomic E-state index is 0.00862. The van der Waals surface area contributed by atoms with Crippen LogP contribution in [-0.2, 0) is 9.47 Å². The summed E-state index contributed by atoms with van der Waals surface area (Å²) in [6.45, 7) is 7.23. The molecule has 0 spiro atoms. The van der Waals surface area contributed by atoms with Crippen molar-refractivity contribution in [1.82, 2.24) is 5.32 Å². The average Bonchev–Trinajstić information content (AvgIpc) is 2.12. The maximum atomic E-state index is 9.04. The van der Waals surface area contributed by atoms with E-state index < -0.39 is 0 Å². The summed E-state index contributed by atoms with van der Waals surface area (Å²) in [5, 5.41) is 12.3. The Balaban J connectivity index is 3.60. The molecule has 86 valence electrons. The Morgan fingerprint density at radius 2 is 1.86 bits per heavy atom. The van der Waals surface area contributed by atoms with Gasteiger partial charge in [-0.25, -0.2) is 0 Å². The maximum absolute atomic E-state index is 9.04. The lowest BCUT2D eigenvalue weighted by Gasteiger charge is -2.21. The van der Waals surface area contributed by atoms with Gasteiger partial charge in [0.25, 0.3) is 0 Å². The highest BCUT2D eigenvalue weighted by atomic mass is 16.5. The van der Waals surface area contributed by atoms with Crippen LogP contribution in [0, 0.1) is 0 Å². The van der Waals surface area contributed by atoms with Crippen LogP contribution in [0.25, 0.3) is 0 Å². The monoisotopic (exact) mass is 205 g/mol. The Labute approximate surface area is 86.6 Å². The van der Waals surface area contributed by atoms with Crippen LogP contribution in [0.2, 0.25) is 0 Å². The minimum atomic E-state index is 0.00862. The van der Waals surface area contributed by atoms with Crippen molar-refractivity contribution in [2.24, 2.45) is 0 Å². The minimum Gasteiger partial charge on any atom is -0.395 e. The maximum Gasteiger partial charge on any atom is 0.0781 e. The van der Waals surface area contributed by atoms with Crippen LogP contribution in [0.1, 0.15) is 20.8 Å². The summed E-state index contributed by atoms with van der Waals surface area (Å²) in [5.41, 5.74) is 0. The number of methoxy groups -OCH3 is 1. The first-order valence-corrected chi connectivity index (χ1v) is 5.07. The first kappa shape index (κ1) is 13.8. The highest BCUT2D eigenvalue weighted by Crippen LogP contribution is 1.95. The summed E-state index contributed by atoms with van der Waals surface area (Å²) < 4.78 is 10.4. The molecule has 4 heteroatoms. The number of ether oxygens (including phenoxy) is 2. The zero-order valence-electron chi connectivity index (χ0n) is 9.62. The van der Waals surface area contributed by atoms with Gasteiger partial charge in [-0.2, -0.15) is 0 Å². The zero-order valence-corrected chi connectivity index (χ0v) is 9.62. The summed E-state index contributed by atoms with van der Waals surface area (Å²) in [7, 11) is 1.65. The van der Waals surface area contributed by atoms with Gasteiger partial charge in [-0.05, 0) is 6.92 Å². The van der Waals surface area contributed by atoms with Gasteiger partial charge >= 0.3 is 0 Å². The molecule has 0 amide bonds. The molecule has 0 fully saturated rings. The predicted molar refractivity (Wildman–Crippen MR) is 56.4 cm³/mol. The smallest absolute Gasteiger partial charge is 0.0781 e. The van der Waals surface area contributed by atoms with Gasteiger partial charge in [0.05, 0.1) is 32.0 Å². The van der Waals surface area contributed by atoms with Gasteiger partial charge in [-0.1, -0.05) is 13.8 Å². The summed E-state index contributed by atoms with van der Waals surface area (Å²) in [6, 6.07) is 0.364. The van der Waals surface area contributed by atoms with Crippen molar-refractivity contribution >= 4 is 0 Å². The van der Waals surface area contributed by atoms with Gasteiger partial charge in [0.15, 0.2) is 0 Å². The molecule has 0 heterocycles. The number of aliphatic hydroxyl groups is 1. The van der Waals surface area contributed by atoms with E-state index in [-0.39, 0.29) is 18.8 Å². The molecule has 0 saturated heterocycles. The molecule has 0 aromatic heterocycles. The molecule has 0 aliphatic heterocycles. The Bertz CT molecular complexity index is 131. The first-order chi connectivity index (χ1) is 6.60. The fourth-order valence-electron chi connectivity index (χ4n) is 1.19. The molecule has 0 aliphatic carbocycles. The van der Waals surface area contributed by atoms with Crippen molar-refractivity contribution in [1.29, 1.82) is 0 Å². The number of aliphatic hydroxyl groups excluding tert-OH is 1. The number of nitrogens with one attached hydrogen (secondary N) is 1. The van der Waals surface area contributed by atoms with Crippen LogP contribution in [-0.4, -0.2) is 50.2 Å². The van der Waals surface area contributed by atoms with Crippen molar-refractivity contribution in [3.8, 4) is 0 Å². The normalized spacial score (nSPS) is 15.9. The summed E-state index contributed by atoms with van der Waals surface area (Å²) >= 11 is 0. The van der Waals surface area contributed by atoms with E-state index in [0.29, 0.717) is 19.3 Å². The molecule has 0 aliphatic rings. The van der Waals surface area contributed by atoms with Crippen LogP contribution in [0.5, 0.6) is 0 Å². The van der Waals surface area contributed by atoms with Gasteiger partial charge in [0.1, 0.15) is 0 Å². The molecule has 0 radical (unpaired) electrons. The summed E-state index contributed by atoms with van der Waals surface area (Å²) in [5.74, 6) is 0. The molecule has 0 saturated carbocycles. The molecule has 2 unspecified atom stereocenters. The lowest BCUT2D eigenvalue weighted by molar-refractivity contribution is -0.00754. The second kappa shape index (κ2) is 8.17. The lowest BCUT2D eigenvalue weighted by Crippen LogP contribution is -2.41. The van der Waals surface area contributed by atoms with E-state index in [2.05, 4.69) is 5.32 Å². The van der Waals surface area contributed by atoms with Crippen LogP contribution in [0.15, 0.2) is 0 Å². The van der Waals surface area contributed by atoms with Crippen molar-refractivity contribution in [3.63, 3.8) is 0 Å². The summed E-state index contributed by atoms with van der Waals surface area (Å²) in [6.07, 6.45) is 0.0722. The topological polar surface area (TPSA) is 50.7 Å². The first-order valence-electron chi connectivity index (χ1n) is 5.07. The highest BCUT2D eigenvalue weighted by molar-refractivity contribution is 4.67. The van der Waals surface area contributed by atoms with E-state index in [1.54, 1.807) is 7.11 Å². The van der Waals surface area contributed by atoms with Crippen LogP contribution < -0.4 is 5.32 Å². The van der Waals surface area contributed by atoms with E-state index in [1.165, 1.54) is 0 Å². The number of hydrogen-bond acceptors (Lipinski definition) is 4. The standard InChI is InChI=1S/C10H23NO3/c1-8(2)11-10(5-12)7-14-9(3)6-13-4/h8-12H,5-7H2,1-4H3. The molecule has 2 atom stereocenters. The molecular weight excluding hydrogens is 182 g/mol.